The third-order valence-electron chi connectivity index (χ3n) is 2.24. The number of rotatable bonds is 1. The van der Waals surface area contributed by atoms with E-state index >= 15 is 0 Å². The van der Waals surface area contributed by atoms with E-state index in [2.05, 4.69) is 5.32 Å². The molecule has 0 spiro atoms. The average molecular weight is 213 g/mol. The summed E-state index contributed by atoms with van der Waals surface area (Å²) in [5.41, 5.74) is 0. The maximum absolute atomic E-state index is 12.1. The molecule has 1 aliphatic heterocycles. The number of carboxylic acid groups (broad SMARTS) is 1. The first-order chi connectivity index (χ1) is 6.32. The highest BCUT2D eigenvalue weighted by atomic mass is 19.4. The quantitative estimate of drug-likeness (QED) is 0.572. The first-order valence-electron chi connectivity index (χ1n) is 4.03. The summed E-state index contributed by atoms with van der Waals surface area (Å²) in [5, 5.41) is 19.7. The van der Waals surface area contributed by atoms with Crippen molar-refractivity contribution < 1.29 is 28.2 Å². The van der Waals surface area contributed by atoms with Gasteiger partial charge < -0.3 is 15.5 Å². The zero-order valence-corrected chi connectivity index (χ0v) is 7.08. The van der Waals surface area contributed by atoms with Crippen LogP contribution in [0.4, 0.5) is 13.2 Å². The van der Waals surface area contributed by atoms with Crippen LogP contribution in [0.25, 0.3) is 0 Å². The summed E-state index contributed by atoms with van der Waals surface area (Å²) in [4.78, 5) is 10.4. The topological polar surface area (TPSA) is 69.6 Å². The number of aliphatic hydroxyl groups excluding tert-OH is 1. The Balaban J connectivity index is 2.60. The second kappa shape index (κ2) is 3.74. The SMILES string of the molecule is O=C(O)C1CNC(C(F)(F)F)CC1O. The molecule has 0 amide bonds. The molecule has 3 atom stereocenters. The molecule has 0 aromatic rings. The van der Waals surface area contributed by atoms with Gasteiger partial charge >= 0.3 is 12.1 Å². The summed E-state index contributed by atoms with van der Waals surface area (Å²) < 4.78 is 36.4. The van der Waals surface area contributed by atoms with Crippen LogP contribution in [0.15, 0.2) is 0 Å². The lowest BCUT2D eigenvalue weighted by Gasteiger charge is -2.32. The minimum atomic E-state index is -4.44. The van der Waals surface area contributed by atoms with E-state index in [0.29, 0.717) is 0 Å². The van der Waals surface area contributed by atoms with Gasteiger partial charge in [0, 0.05) is 6.54 Å². The molecule has 1 heterocycles. The number of nitrogens with one attached hydrogen (secondary N) is 1. The Bertz CT molecular complexity index is 231. The average Bonchev–Trinajstić information content (AvgIpc) is 2.01. The fourth-order valence-electron chi connectivity index (χ4n) is 1.40. The van der Waals surface area contributed by atoms with Gasteiger partial charge in [-0.15, -0.1) is 0 Å². The van der Waals surface area contributed by atoms with Gasteiger partial charge in [0.2, 0.25) is 0 Å². The molecule has 0 saturated carbocycles. The number of aliphatic carboxylic acids is 1. The van der Waals surface area contributed by atoms with Crippen molar-refractivity contribution >= 4 is 5.97 Å². The van der Waals surface area contributed by atoms with E-state index in [1.807, 2.05) is 0 Å². The van der Waals surface area contributed by atoms with Gasteiger partial charge in [-0.05, 0) is 6.42 Å². The standard InChI is InChI=1S/C7H10F3NO3/c8-7(9,10)5-1-4(12)3(2-11-5)6(13)14/h3-5,11-12H,1-2H2,(H,13,14). The number of alkyl halides is 3. The molecule has 1 fully saturated rings. The van der Waals surface area contributed by atoms with Gasteiger partial charge in [0.25, 0.3) is 0 Å². The van der Waals surface area contributed by atoms with Crippen molar-refractivity contribution in [3.63, 3.8) is 0 Å². The van der Waals surface area contributed by atoms with Crippen molar-refractivity contribution in [1.82, 2.24) is 5.32 Å². The zero-order chi connectivity index (χ0) is 10.9. The Hall–Kier alpha value is -0.820. The molecule has 0 bridgehead atoms. The fraction of sp³-hybridized carbons (Fsp3) is 0.857. The van der Waals surface area contributed by atoms with E-state index in [1.54, 1.807) is 0 Å². The molecule has 82 valence electrons. The van der Waals surface area contributed by atoms with Crippen LogP contribution in [0.1, 0.15) is 6.42 Å². The smallest absolute Gasteiger partial charge is 0.403 e. The number of carbonyl (C=O) groups is 1. The lowest BCUT2D eigenvalue weighted by Crippen LogP contribution is -2.54. The Kier molecular flexibility index (Phi) is 3.01. The predicted molar refractivity (Wildman–Crippen MR) is 39.6 cm³/mol. The van der Waals surface area contributed by atoms with Gasteiger partial charge in [-0.1, -0.05) is 0 Å². The molecule has 3 unspecified atom stereocenters. The molecule has 1 rings (SSSR count). The molecule has 0 aromatic heterocycles. The molecule has 0 radical (unpaired) electrons. The molecule has 7 heteroatoms. The summed E-state index contributed by atoms with van der Waals surface area (Å²) in [6.45, 7) is -0.360. The van der Waals surface area contributed by atoms with Crippen molar-refractivity contribution in [3.8, 4) is 0 Å². The molecule has 14 heavy (non-hydrogen) atoms. The normalized spacial score (nSPS) is 34.1. The highest BCUT2D eigenvalue weighted by molar-refractivity contribution is 5.71. The number of aliphatic hydroxyl groups is 1. The number of carboxylic acids is 1. The van der Waals surface area contributed by atoms with E-state index in [9.17, 15) is 18.0 Å². The Labute approximate surface area is 77.7 Å². The maximum Gasteiger partial charge on any atom is 0.403 e. The van der Waals surface area contributed by atoms with E-state index in [1.165, 1.54) is 0 Å². The third kappa shape index (κ3) is 2.36. The number of piperidine rings is 1. The second-order valence-corrected chi connectivity index (χ2v) is 3.25. The highest BCUT2D eigenvalue weighted by Gasteiger charge is 2.46. The summed E-state index contributed by atoms with van der Waals surface area (Å²) in [7, 11) is 0. The number of hydrogen-bond donors (Lipinski definition) is 3. The van der Waals surface area contributed by atoms with Crippen LogP contribution in [0, 0.1) is 5.92 Å². The molecule has 4 nitrogen and oxygen atoms in total. The van der Waals surface area contributed by atoms with Crippen LogP contribution < -0.4 is 5.32 Å². The van der Waals surface area contributed by atoms with Crippen LogP contribution in [0.5, 0.6) is 0 Å². The van der Waals surface area contributed by atoms with E-state index in [-0.39, 0.29) is 6.54 Å². The van der Waals surface area contributed by atoms with Gasteiger partial charge in [-0.2, -0.15) is 13.2 Å². The third-order valence-corrected chi connectivity index (χ3v) is 2.24. The van der Waals surface area contributed by atoms with Gasteiger partial charge in [0.15, 0.2) is 0 Å². The van der Waals surface area contributed by atoms with Crippen molar-refractivity contribution in [3.05, 3.63) is 0 Å². The fourth-order valence-corrected chi connectivity index (χ4v) is 1.40. The molecule has 0 aromatic carbocycles. The maximum atomic E-state index is 12.1. The molecule has 3 N–H and O–H groups in total. The van der Waals surface area contributed by atoms with E-state index in [4.69, 9.17) is 10.2 Å². The summed E-state index contributed by atoms with van der Waals surface area (Å²) in [6, 6.07) is -1.81. The summed E-state index contributed by atoms with van der Waals surface area (Å²) in [5.74, 6) is -2.45. The summed E-state index contributed by atoms with van der Waals surface area (Å²) >= 11 is 0. The second-order valence-electron chi connectivity index (χ2n) is 3.25. The molecular formula is C7H10F3NO3. The number of halogens is 3. The van der Waals surface area contributed by atoms with Crippen molar-refractivity contribution in [2.45, 2.75) is 24.7 Å². The summed E-state index contributed by atoms with van der Waals surface area (Å²) in [6.07, 6.45) is -6.49. The van der Waals surface area contributed by atoms with Gasteiger partial charge in [0.1, 0.15) is 6.04 Å². The van der Waals surface area contributed by atoms with Crippen LogP contribution in [-0.4, -0.2) is 41.0 Å². The Morgan fingerprint density at radius 3 is 2.36 bits per heavy atom. The molecule has 0 aliphatic carbocycles. The van der Waals surface area contributed by atoms with Gasteiger partial charge in [-0.25, -0.2) is 0 Å². The van der Waals surface area contributed by atoms with Crippen LogP contribution in [-0.2, 0) is 4.79 Å². The monoisotopic (exact) mass is 213 g/mol. The van der Waals surface area contributed by atoms with Crippen molar-refractivity contribution in [1.29, 1.82) is 0 Å². The minimum Gasteiger partial charge on any atom is -0.481 e. The van der Waals surface area contributed by atoms with Crippen LogP contribution in [0.3, 0.4) is 0 Å². The van der Waals surface area contributed by atoms with Gasteiger partial charge in [-0.3, -0.25) is 4.79 Å². The molecule has 1 aliphatic rings. The first kappa shape index (κ1) is 11.3. The van der Waals surface area contributed by atoms with Crippen LogP contribution >= 0.6 is 0 Å². The predicted octanol–water partition coefficient (Wildman–Crippen LogP) is -0.0277. The lowest BCUT2D eigenvalue weighted by molar-refractivity contribution is -0.177. The lowest BCUT2D eigenvalue weighted by atomic mass is 9.91. The molecule has 1 saturated heterocycles. The zero-order valence-electron chi connectivity index (χ0n) is 7.08. The van der Waals surface area contributed by atoms with Crippen molar-refractivity contribution in [2.24, 2.45) is 5.92 Å². The largest absolute Gasteiger partial charge is 0.481 e. The van der Waals surface area contributed by atoms with E-state index in [0.717, 1.165) is 0 Å². The number of hydrogen-bond acceptors (Lipinski definition) is 3. The Morgan fingerprint density at radius 1 is 1.43 bits per heavy atom. The molecular weight excluding hydrogens is 203 g/mol. The first-order valence-corrected chi connectivity index (χ1v) is 4.03. The van der Waals surface area contributed by atoms with Crippen molar-refractivity contribution in [2.75, 3.05) is 6.54 Å². The Morgan fingerprint density at radius 2 is 2.00 bits per heavy atom. The minimum absolute atomic E-state index is 0.360. The van der Waals surface area contributed by atoms with E-state index < -0.39 is 36.6 Å². The van der Waals surface area contributed by atoms with Crippen LogP contribution in [0.2, 0.25) is 0 Å². The highest BCUT2D eigenvalue weighted by Crippen LogP contribution is 2.28. The van der Waals surface area contributed by atoms with Gasteiger partial charge in [0.05, 0.1) is 12.0 Å².